The molecule has 0 aliphatic heterocycles. The molecule has 4 rings (SSSR count). The van der Waals surface area contributed by atoms with E-state index in [9.17, 15) is 5.26 Å². The highest BCUT2D eigenvalue weighted by Gasteiger charge is 2.50. The van der Waals surface area contributed by atoms with Crippen molar-refractivity contribution in [1.82, 2.24) is 5.32 Å². The zero-order valence-corrected chi connectivity index (χ0v) is 10.2. The average molecular weight is 228 g/mol. The van der Waals surface area contributed by atoms with E-state index >= 15 is 0 Å². The molecule has 0 heterocycles. The van der Waals surface area contributed by atoms with Gasteiger partial charge in [-0.25, -0.2) is 0 Å². The fourth-order valence-corrected chi connectivity index (χ4v) is 4.95. The SMILES string of the molecule is C#CCNC(C#N)C1C2CC3CC(C2)CC1C3. The number of hydrogen-bond acceptors (Lipinski definition) is 2. The third-order valence-corrected chi connectivity index (χ3v) is 5.25. The van der Waals surface area contributed by atoms with Gasteiger partial charge in [0.15, 0.2) is 0 Å². The van der Waals surface area contributed by atoms with Crippen LogP contribution >= 0.6 is 0 Å². The highest BCUT2D eigenvalue weighted by molar-refractivity contribution is 5.08. The van der Waals surface area contributed by atoms with Crippen molar-refractivity contribution < 1.29 is 0 Å². The van der Waals surface area contributed by atoms with E-state index in [1.807, 2.05) is 0 Å². The van der Waals surface area contributed by atoms with Crippen LogP contribution < -0.4 is 5.32 Å². The zero-order chi connectivity index (χ0) is 11.8. The highest BCUT2D eigenvalue weighted by atomic mass is 14.9. The van der Waals surface area contributed by atoms with Crippen molar-refractivity contribution in [3.8, 4) is 18.4 Å². The molecule has 1 atom stereocenters. The topological polar surface area (TPSA) is 35.8 Å². The standard InChI is InChI=1S/C15H20N2/c1-2-3-17-14(9-16)15-12-5-10-4-11(7-12)8-13(15)6-10/h1,10-15,17H,3-8H2. The minimum atomic E-state index is -0.0129. The molecule has 0 amide bonds. The maximum Gasteiger partial charge on any atom is 0.0994 e. The second-order valence-corrected chi connectivity index (χ2v) is 6.20. The summed E-state index contributed by atoms with van der Waals surface area (Å²) in [5.74, 6) is 6.69. The Hall–Kier alpha value is -0.990. The van der Waals surface area contributed by atoms with Crippen molar-refractivity contribution in [1.29, 1.82) is 5.26 Å². The van der Waals surface area contributed by atoms with E-state index in [0.29, 0.717) is 12.5 Å². The molecule has 2 heteroatoms. The lowest BCUT2D eigenvalue weighted by Gasteiger charge is -2.55. The van der Waals surface area contributed by atoms with Crippen molar-refractivity contribution in [2.45, 2.75) is 38.1 Å². The summed E-state index contributed by atoms with van der Waals surface area (Å²) in [6, 6.07) is 2.45. The second kappa shape index (κ2) is 4.35. The summed E-state index contributed by atoms with van der Waals surface area (Å²) in [6.45, 7) is 0.529. The summed E-state index contributed by atoms with van der Waals surface area (Å²) in [5.41, 5.74) is 0. The molecule has 4 bridgehead atoms. The molecule has 4 aliphatic carbocycles. The summed E-state index contributed by atoms with van der Waals surface area (Å²) in [4.78, 5) is 0. The monoisotopic (exact) mass is 228 g/mol. The summed E-state index contributed by atoms with van der Waals surface area (Å²) < 4.78 is 0. The molecule has 4 aliphatic rings. The van der Waals surface area contributed by atoms with Crippen molar-refractivity contribution in [2.75, 3.05) is 6.54 Å². The first-order valence-corrected chi connectivity index (χ1v) is 6.88. The third kappa shape index (κ3) is 1.85. The molecule has 0 aromatic carbocycles. The van der Waals surface area contributed by atoms with Gasteiger partial charge in [-0.2, -0.15) is 5.26 Å². The van der Waals surface area contributed by atoms with Crippen LogP contribution in [-0.4, -0.2) is 12.6 Å². The summed E-state index contributed by atoms with van der Waals surface area (Å²) >= 11 is 0. The van der Waals surface area contributed by atoms with Gasteiger partial charge in [0.1, 0.15) is 0 Å². The Bertz CT molecular complexity index is 345. The predicted octanol–water partition coefficient (Wildman–Crippen LogP) is 2.17. The smallest absolute Gasteiger partial charge is 0.0994 e. The van der Waals surface area contributed by atoms with Crippen molar-refractivity contribution in [3.05, 3.63) is 0 Å². The summed E-state index contributed by atoms with van der Waals surface area (Å²) in [5, 5.41) is 12.6. The fraction of sp³-hybridized carbons (Fsp3) is 0.800. The van der Waals surface area contributed by atoms with Crippen molar-refractivity contribution >= 4 is 0 Å². The number of nitriles is 1. The highest BCUT2D eigenvalue weighted by Crippen LogP contribution is 2.57. The number of nitrogens with one attached hydrogen (secondary N) is 1. The molecule has 1 unspecified atom stereocenters. The lowest BCUT2D eigenvalue weighted by Crippen LogP contribution is -2.52. The quantitative estimate of drug-likeness (QED) is 0.751. The Morgan fingerprint density at radius 1 is 1.12 bits per heavy atom. The van der Waals surface area contributed by atoms with E-state index in [4.69, 9.17) is 6.42 Å². The van der Waals surface area contributed by atoms with Gasteiger partial charge in [0.2, 0.25) is 0 Å². The van der Waals surface area contributed by atoms with Gasteiger partial charge in [0.25, 0.3) is 0 Å². The first-order valence-electron chi connectivity index (χ1n) is 6.88. The first-order chi connectivity index (χ1) is 8.31. The van der Waals surface area contributed by atoms with Crippen LogP contribution in [-0.2, 0) is 0 Å². The van der Waals surface area contributed by atoms with E-state index in [2.05, 4.69) is 17.3 Å². The average Bonchev–Trinajstić information content (AvgIpc) is 2.31. The van der Waals surface area contributed by atoms with Crippen LogP contribution in [0.25, 0.3) is 0 Å². The normalized spacial score (nSPS) is 44.0. The van der Waals surface area contributed by atoms with Gasteiger partial charge < -0.3 is 0 Å². The Morgan fingerprint density at radius 3 is 2.18 bits per heavy atom. The van der Waals surface area contributed by atoms with E-state index in [0.717, 1.165) is 23.7 Å². The lowest BCUT2D eigenvalue weighted by molar-refractivity contribution is -0.0439. The molecule has 17 heavy (non-hydrogen) atoms. The Labute approximate surface area is 104 Å². The molecule has 0 aromatic heterocycles. The molecule has 4 fully saturated rings. The molecule has 4 saturated carbocycles. The molecular formula is C15H20N2. The molecule has 0 spiro atoms. The van der Waals surface area contributed by atoms with Gasteiger partial charge in [-0.3, -0.25) is 5.32 Å². The largest absolute Gasteiger partial charge is 0.291 e. The minimum Gasteiger partial charge on any atom is -0.291 e. The molecule has 1 N–H and O–H groups in total. The number of nitrogens with zero attached hydrogens (tertiary/aromatic N) is 1. The molecule has 0 radical (unpaired) electrons. The number of terminal acetylenes is 1. The number of rotatable bonds is 3. The Kier molecular flexibility index (Phi) is 2.85. The second-order valence-electron chi connectivity index (χ2n) is 6.20. The van der Waals surface area contributed by atoms with E-state index in [1.165, 1.54) is 32.1 Å². The van der Waals surface area contributed by atoms with Crippen LogP contribution in [0.5, 0.6) is 0 Å². The van der Waals surface area contributed by atoms with Gasteiger partial charge >= 0.3 is 0 Å². The molecule has 2 nitrogen and oxygen atoms in total. The zero-order valence-electron chi connectivity index (χ0n) is 10.2. The minimum absolute atomic E-state index is 0.0129. The van der Waals surface area contributed by atoms with Crippen LogP contribution in [0, 0.1) is 53.3 Å². The van der Waals surface area contributed by atoms with E-state index in [-0.39, 0.29) is 6.04 Å². The van der Waals surface area contributed by atoms with Crippen LogP contribution in [0.15, 0.2) is 0 Å². The van der Waals surface area contributed by atoms with Gasteiger partial charge in [-0.05, 0) is 61.7 Å². The first kappa shape index (κ1) is 11.1. The molecular weight excluding hydrogens is 208 g/mol. The Balaban J connectivity index is 1.75. The van der Waals surface area contributed by atoms with Crippen LogP contribution in [0.1, 0.15) is 32.1 Å². The maximum absolute atomic E-state index is 9.36. The van der Waals surface area contributed by atoms with Gasteiger partial charge in [0, 0.05) is 0 Å². The van der Waals surface area contributed by atoms with E-state index < -0.39 is 0 Å². The maximum atomic E-state index is 9.36. The Morgan fingerprint density at radius 2 is 1.71 bits per heavy atom. The van der Waals surface area contributed by atoms with E-state index in [1.54, 1.807) is 0 Å². The lowest BCUT2D eigenvalue weighted by atomic mass is 9.50. The number of hydrogen-bond donors (Lipinski definition) is 1. The van der Waals surface area contributed by atoms with Crippen LogP contribution in [0.3, 0.4) is 0 Å². The van der Waals surface area contributed by atoms with Crippen LogP contribution in [0.2, 0.25) is 0 Å². The third-order valence-electron chi connectivity index (χ3n) is 5.25. The van der Waals surface area contributed by atoms with Gasteiger partial charge in [-0.15, -0.1) is 6.42 Å². The molecule has 0 aromatic rings. The van der Waals surface area contributed by atoms with Gasteiger partial charge in [-0.1, -0.05) is 5.92 Å². The summed E-state index contributed by atoms with van der Waals surface area (Å²) in [6.07, 6.45) is 12.2. The molecule has 0 saturated heterocycles. The van der Waals surface area contributed by atoms with Crippen molar-refractivity contribution in [2.24, 2.45) is 29.6 Å². The predicted molar refractivity (Wildman–Crippen MR) is 66.8 cm³/mol. The van der Waals surface area contributed by atoms with Gasteiger partial charge in [0.05, 0.1) is 18.7 Å². The van der Waals surface area contributed by atoms with Crippen LogP contribution in [0.4, 0.5) is 0 Å². The molecule has 90 valence electrons. The fourth-order valence-electron chi connectivity index (χ4n) is 4.95. The summed E-state index contributed by atoms with van der Waals surface area (Å²) in [7, 11) is 0. The van der Waals surface area contributed by atoms with Crippen molar-refractivity contribution in [3.63, 3.8) is 0 Å².